The number of anilines is 2. The molecule has 0 radical (unpaired) electrons. The normalized spacial score (nSPS) is 10.1. The first-order valence-electron chi connectivity index (χ1n) is 4.77. The summed E-state index contributed by atoms with van der Waals surface area (Å²) in [6, 6.07) is 5.41. The van der Waals surface area contributed by atoms with E-state index in [1.807, 2.05) is 6.07 Å². The second-order valence-corrected chi connectivity index (χ2v) is 4.46. The molecule has 1 N–H and O–H groups in total. The Bertz CT molecular complexity index is 536. The summed E-state index contributed by atoms with van der Waals surface area (Å²) in [5, 5.41) is 3.71. The lowest BCUT2D eigenvalue weighted by Gasteiger charge is -2.09. The number of nitrogens with one attached hydrogen (secondary N) is 1. The Balaban J connectivity index is 2.28. The quantitative estimate of drug-likeness (QED) is 0.939. The molecular weight excluding hydrogens is 305 g/mol. The smallest absolute Gasteiger partial charge is 0.148 e. The van der Waals surface area contributed by atoms with Crippen LogP contribution >= 0.6 is 27.5 Å². The average Bonchev–Trinajstić information content (AvgIpc) is 2.34. The SMILES string of the molecule is COc1cc(Nc2ncncc2Br)ccc1Cl. The van der Waals surface area contributed by atoms with E-state index in [-0.39, 0.29) is 0 Å². The molecule has 0 atom stereocenters. The predicted molar refractivity (Wildman–Crippen MR) is 71.0 cm³/mol. The molecule has 1 aromatic carbocycles. The molecule has 0 aliphatic rings. The van der Waals surface area contributed by atoms with Gasteiger partial charge in [-0.1, -0.05) is 11.6 Å². The molecule has 88 valence electrons. The lowest BCUT2D eigenvalue weighted by atomic mass is 10.3. The zero-order valence-electron chi connectivity index (χ0n) is 8.95. The lowest BCUT2D eigenvalue weighted by molar-refractivity contribution is 0.415. The van der Waals surface area contributed by atoms with Crippen molar-refractivity contribution >= 4 is 39.0 Å². The van der Waals surface area contributed by atoms with Crippen LogP contribution in [0.3, 0.4) is 0 Å². The summed E-state index contributed by atoms with van der Waals surface area (Å²) >= 11 is 9.30. The van der Waals surface area contributed by atoms with Crippen molar-refractivity contribution in [2.45, 2.75) is 0 Å². The first kappa shape index (κ1) is 12.1. The van der Waals surface area contributed by atoms with Crippen LogP contribution < -0.4 is 10.1 Å². The summed E-state index contributed by atoms with van der Waals surface area (Å²) in [5.41, 5.74) is 0.839. The zero-order valence-corrected chi connectivity index (χ0v) is 11.3. The van der Waals surface area contributed by atoms with Crippen molar-refractivity contribution in [1.82, 2.24) is 9.97 Å². The van der Waals surface area contributed by atoms with Crippen molar-refractivity contribution in [3.8, 4) is 5.75 Å². The summed E-state index contributed by atoms with van der Waals surface area (Å²) in [6.45, 7) is 0. The van der Waals surface area contributed by atoms with E-state index in [0.29, 0.717) is 16.6 Å². The second kappa shape index (κ2) is 5.33. The summed E-state index contributed by atoms with van der Waals surface area (Å²) in [7, 11) is 1.57. The lowest BCUT2D eigenvalue weighted by Crippen LogP contribution is -1.96. The van der Waals surface area contributed by atoms with Crippen LogP contribution in [0.15, 0.2) is 35.2 Å². The van der Waals surface area contributed by atoms with Crippen LogP contribution in [0.2, 0.25) is 5.02 Å². The maximum atomic E-state index is 5.94. The van der Waals surface area contributed by atoms with Crippen molar-refractivity contribution in [2.24, 2.45) is 0 Å². The molecule has 0 spiro atoms. The van der Waals surface area contributed by atoms with E-state index in [2.05, 4.69) is 31.2 Å². The summed E-state index contributed by atoms with van der Waals surface area (Å²) < 4.78 is 5.92. The van der Waals surface area contributed by atoms with E-state index in [1.54, 1.807) is 25.4 Å². The van der Waals surface area contributed by atoms with Gasteiger partial charge in [-0.05, 0) is 28.1 Å². The van der Waals surface area contributed by atoms with Crippen molar-refractivity contribution in [3.05, 3.63) is 40.2 Å². The molecule has 1 heterocycles. The second-order valence-electron chi connectivity index (χ2n) is 3.19. The van der Waals surface area contributed by atoms with E-state index in [9.17, 15) is 0 Å². The first-order valence-corrected chi connectivity index (χ1v) is 5.94. The Morgan fingerprint density at radius 3 is 2.94 bits per heavy atom. The van der Waals surface area contributed by atoms with Crippen molar-refractivity contribution in [1.29, 1.82) is 0 Å². The standard InChI is InChI=1S/C11H9BrClN3O/c1-17-10-4-7(2-3-9(10)13)16-11-8(12)5-14-6-15-11/h2-6H,1H3,(H,14,15,16). The minimum atomic E-state index is 0.569. The van der Waals surface area contributed by atoms with Gasteiger partial charge in [0.05, 0.1) is 16.6 Å². The molecule has 6 heteroatoms. The van der Waals surface area contributed by atoms with E-state index in [1.165, 1.54) is 6.33 Å². The fourth-order valence-electron chi connectivity index (χ4n) is 1.28. The number of hydrogen-bond donors (Lipinski definition) is 1. The highest BCUT2D eigenvalue weighted by Gasteiger charge is 2.05. The number of ether oxygens (including phenoxy) is 1. The molecule has 2 aromatic rings. The third-order valence-corrected chi connectivity index (χ3v) is 2.97. The van der Waals surface area contributed by atoms with Gasteiger partial charge in [-0.2, -0.15) is 0 Å². The Morgan fingerprint density at radius 1 is 1.41 bits per heavy atom. The topological polar surface area (TPSA) is 47.0 Å². The number of halogens is 2. The molecular formula is C11H9BrClN3O. The van der Waals surface area contributed by atoms with Crippen molar-refractivity contribution in [3.63, 3.8) is 0 Å². The summed E-state index contributed by atoms with van der Waals surface area (Å²) in [4.78, 5) is 8.00. The van der Waals surface area contributed by atoms with Crippen LogP contribution in [-0.4, -0.2) is 17.1 Å². The van der Waals surface area contributed by atoms with Gasteiger partial charge in [0.15, 0.2) is 0 Å². The van der Waals surface area contributed by atoms with Gasteiger partial charge in [0.1, 0.15) is 17.9 Å². The Labute approximate surface area is 112 Å². The third-order valence-electron chi connectivity index (χ3n) is 2.08. The number of rotatable bonds is 3. The number of aromatic nitrogens is 2. The number of methoxy groups -OCH3 is 1. The molecule has 0 saturated heterocycles. The predicted octanol–water partition coefficient (Wildman–Crippen LogP) is 3.64. The van der Waals surface area contributed by atoms with Gasteiger partial charge in [-0.25, -0.2) is 9.97 Å². The Hall–Kier alpha value is -1.33. The van der Waals surface area contributed by atoms with Crippen LogP contribution in [0.4, 0.5) is 11.5 Å². The van der Waals surface area contributed by atoms with Crippen molar-refractivity contribution < 1.29 is 4.74 Å². The maximum absolute atomic E-state index is 5.94. The molecule has 17 heavy (non-hydrogen) atoms. The molecule has 0 fully saturated rings. The van der Waals surface area contributed by atoms with Crippen molar-refractivity contribution in [2.75, 3.05) is 12.4 Å². The molecule has 0 bridgehead atoms. The number of nitrogens with zero attached hydrogens (tertiary/aromatic N) is 2. The van der Waals surface area contributed by atoms with Gasteiger partial charge in [0, 0.05) is 18.0 Å². The van der Waals surface area contributed by atoms with Gasteiger partial charge >= 0.3 is 0 Å². The van der Waals surface area contributed by atoms with Crippen LogP contribution in [0.5, 0.6) is 5.75 Å². The van der Waals surface area contributed by atoms with E-state index in [4.69, 9.17) is 16.3 Å². The van der Waals surface area contributed by atoms with Gasteiger partial charge in [0.2, 0.25) is 0 Å². The summed E-state index contributed by atoms with van der Waals surface area (Å²) in [5.74, 6) is 1.30. The minimum Gasteiger partial charge on any atom is -0.495 e. The third kappa shape index (κ3) is 2.87. The fraction of sp³-hybridized carbons (Fsp3) is 0.0909. The number of benzene rings is 1. The summed E-state index contributed by atoms with van der Waals surface area (Å²) in [6.07, 6.45) is 3.14. The molecule has 0 saturated carbocycles. The van der Waals surface area contributed by atoms with Crippen LogP contribution in [0.25, 0.3) is 0 Å². The molecule has 1 aromatic heterocycles. The van der Waals surface area contributed by atoms with Gasteiger partial charge in [0.25, 0.3) is 0 Å². The highest BCUT2D eigenvalue weighted by atomic mass is 79.9. The highest BCUT2D eigenvalue weighted by molar-refractivity contribution is 9.10. The zero-order chi connectivity index (χ0) is 12.3. The van der Waals surface area contributed by atoms with Crippen LogP contribution in [0.1, 0.15) is 0 Å². The maximum Gasteiger partial charge on any atom is 0.148 e. The average molecular weight is 315 g/mol. The molecule has 4 nitrogen and oxygen atoms in total. The Kier molecular flexibility index (Phi) is 3.81. The highest BCUT2D eigenvalue weighted by Crippen LogP contribution is 2.29. The molecule has 2 rings (SSSR count). The first-order chi connectivity index (χ1) is 8.20. The number of hydrogen-bond acceptors (Lipinski definition) is 4. The Morgan fingerprint density at radius 2 is 2.24 bits per heavy atom. The monoisotopic (exact) mass is 313 g/mol. The van der Waals surface area contributed by atoms with Crippen LogP contribution in [0, 0.1) is 0 Å². The molecule has 0 amide bonds. The molecule has 0 unspecified atom stereocenters. The van der Waals surface area contributed by atoms with Crippen LogP contribution in [-0.2, 0) is 0 Å². The van der Waals surface area contributed by atoms with Gasteiger partial charge in [-0.3, -0.25) is 0 Å². The van der Waals surface area contributed by atoms with Gasteiger partial charge < -0.3 is 10.1 Å². The largest absolute Gasteiger partial charge is 0.495 e. The molecule has 0 aliphatic carbocycles. The van der Waals surface area contributed by atoms with Gasteiger partial charge in [-0.15, -0.1) is 0 Å². The minimum absolute atomic E-state index is 0.569. The van der Waals surface area contributed by atoms with E-state index >= 15 is 0 Å². The fourth-order valence-corrected chi connectivity index (χ4v) is 1.79. The van der Waals surface area contributed by atoms with E-state index < -0.39 is 0 Å². The molecule has 0 aliphatic heterocycles. The van der Waals surface area contributed by atoms with E-state index in [0.717, 1.165) is 10.2 Å².